The summed E-state index contributed by atoms with van der Waals surface area (Å²) in [6.45, 7) is 4.96. The normalized spacial score (nSPS) is 12.7. The van der Waals surface area contributed by atoms with Crippen LogP contribution in [0.1, 0.15) is 29.0 Å². The predicted molar refractivity (Wildman–Crippen MR) is 86.4 cm³/mol. The summed E-state index contributed by atoms with van der Waals surface area (Å²) in [6.07, 6.45) is 0. The lowest BCUT2D eigenvalue weighted by molar-refractivity contribution is 0.601. The Balaban J connectivity index is 2.51. The predicted octanol–water partition coefficient (Wildman–Crippen LogP) is 5.42. The van der Waals surface area contributed by atoms with Crippen molar-refractivity contribution in [1.82, 2.24) is 5.32 Å². The number of hydrogen-bond donors (Lipinski definition) is 1. The van der Waals surface area contributed by atoms with E-state index in [1.807, 2.05) is 0 Å². The first-order chi connectivity index (χ1) is 9.02. The van der Waals surface area contributed by atoms with Crippen molar-refractivity contribution in [2.45, 2.75) is 19.9 Å². The molecule has 0 fully saturated rings. The lowest BCUT2D eigenvalue weighted by atomic mass is 9.99. The quantitative estimate of drug-likeness (QED) is 0.714. The van der Waals surface area contributed by atoms with E-state index in [0.29, 0.717) is 0 Å². The molecule has 0 radical (unpaired) electrons. The molecule has 1 unspecified atom stereocenters. The van der Waals surface area contributed by atoms with Gasteiger partial charge < -0.3 is 5.32 Å². The zero-order valence-electron chi connectivity index (χ0n) is 10.6. The largest absolute Gasteiger partial charge is 0.306 e. The van der Waals surface area contributed by atoms with Crippen LogP contribution < -0.4 is 5.32 Å². The highest BCUT2D eigenvalue weighted by molar-refractivity contribution is 9.11. The number of nitrogens with one attached hydrogen (secondary N) is 1. The van der Waals surface area contributed by atoms with Gasteiger partial charge in [-0.1, -0.05) is 22.9 Å². The first-order valence-electron chi connectivity index (χ1n) is 5.97. The number of hydrogen-bond acceptors (Lipinski definition) is 2. The molecule has 0 aliphatic heterocycles. The van der Waals surface area contributed by atoms with Crippen LogP contribution in [0.25, 0.3) is 0 Å². The highest BCUT2D eigenvalue weighted by Gasteiger charge is 2.20. The third-order valence-corrected chi connectivity index (χ3v) is 5.21. The molecule has 19 heavy (non-hydrogen) atoms. The molecule has 0 amide bonds. The van der Waals surface area contributed by atoms with Crippen molar-refractivity contribution in [3.8, 4) is 0 Å². The maximum absolute atomic E-state index is 13.5. The fourth-order valence-corrected chi connectivity index (χ4v) is 4.30. The lowest BCUT2D eigenvalue weighted by Gasteiger charge is -2.20. The molecule has 0 saturated heterocycles. The van der Waals surface area contributed by atoms with Crippen LogP contribution in [0, 0.1) is 12.7 Å². The minimum absolute atomic E-state index is 0.00220. The Hall–Kier alpha value is -0.230. The first-order valence-corrected chi connectivity index (χ1v) is 8.37. The highest BCUT2D eigenvalue weighted by Crippen LogP contribution is 2.36. The molecule has 0 aliphatic carbocycles. The summed E-state index contributed by atoms with van der Waals surface area (Å²) in [5, 5.41) is 3.43. The third-order valence-electron chi connectivity index (χ3n) is 2.91. The number of benzene rings is 1. The fraction of sp³-hybridized carbons (Fsp3) is 0.286. The van der Waals surface area contributed by atoms with E-state index >= 15 is 0 Å². The Labute approximate surface area is 133 Å². The van der Waals surface area contributed by atoms with Crippen molar-refractivity contribution in [2.75, 3.05) is 6.54 Å². The second kappa shape index (κ2) is 6.48. The van der Waals surface area contributed by atoms with Crippen molar-refractivity contribution < 1.29 is 4.39 Å². The van der Waals surface area contributed by atoms with Crippen molar-refractivity contribution >= 4 is 43.2 Å². The van der Waals surface area contributed by atoms with Gasteiger partial charge in [-0.05, 0) is 64.8 Å². The van der Waals surface area contributed by atoms with Crippen LogP contribution in [0.2, 0.25) is 0 Å². The molecule has 1 N–H and O–H groups in total. The van der Waals surface area contributed by atoms with Gasteiger partial charge in [-0.15, -0.1) is 11.3 Å². The fourth-order valence-electron chi connectivity index (χ4n) is 2.07. The van der Waals surface area contributed by atoms with Crippen LogP contribution in [-0.4, -0.2) is 6.54 Å². The maximum atomic E-state index is 13.5. The van der Waals surface area contributed by atoms with Crippen molar-refractivity contribution in [1.29, 1.82) is 0 Å². The van der Waals surface area contributed by atoms with E-state index in [1.54, 1.807) is 23.5 Å². The van der Waals surface area contributed by atoms with E-state index in [9.17, 15) is 4.39 Å². The molecule has 0 bridgehead atoms. The standard InChI is InChI=1S/C14H14Br2FNS/c1-3-18-14(10-7-13(16)19-8(10)2)11-6-9(17)4-5-12(11)15/h4-7,14,18H,3H2,1-2H3. The van der Waals surface area contributed by atoms with Gasteiger partial charge in [0.1, 0.15) is 5.82 Å². The van der Waals surface area contributed by atoms with Crippen LogP contribution in [0.3, 0.4) is 0 Å². The number of thiophene rings is 1. The van der Waals surface area contributed by atoms with Gasteiger partial charge >= 0.3 is 0 Å². The van der Waals surface area contributed by atoms with Crippen molar-refractivity contribution in [3.05, 3.63) is 54.3 Å². The monoisotopic (exact) mass is 405 g/mol. The lowest BCUT2D eigenvalue weighted by Crippen LogP contribution is -2.22. The average molecular weight is 407 g/mol. The maximum Gasteiger partial charge on any atom is 0.123 e. The molecular weight excluding hydrogens is 393 g/mol. The van der Waals surface area contributed by atoms with Crippen molar-refractivity contribution in [2.24, 2.45) is 0 Å². The molecule has 0 aliphatic rings. The van der Waals surface area contributed by atoms with E-state index in [-0.39, 0.29) is 11.9 Å². The van der Waals surface area contributed by atoms with E-state index in [1.165, 1.54) is 16.5 Å². The Morgan fingerprint density at radius 1 is 1.26 bits per heavy atom. The SMILES string of the molecule is CCNC(c1cc(F)ccc1Br)c1cc(Br)sc1C. The van der Waals surface area contributed by atoms with E-state index in [4.69, 9.17) is 0 Å². The molecule has 1 atom stereocenters. The topological polar surface area (TPSA) is 12.0 Å². The Morgan fingerprint density at radius 3 is 2.58 bits per heavy atom. The number of halogens is 3. The van der Waals surface area contributed by atoms with Gasteiger partial charge in [0.05, 0.1) is 9.83 Å². The van der Waals surface area contributed by atoms with Crippen LogP contribution in [0.5, 0.6) is 0 Å². The summed E-state index contributed by atoms with van der Waals surface area (Å²) < 4.78 is 15.5. The molecule has 102 valence electrons. The first kappa shape index (κ1) is 15.2. The number of aryl methyl sites for hydroxylation is 1. The van der Waals surface area contributed by atoms with Crippen LogP contribution >= 0.6 is 43.2 Å². The summed E-state index contributed by atoms with van der Waals surface area (Å²) in [7, 11) is 0. The van der Waals surface area contributed by atoms with Crippen molar-refractivity contribution in [3.63, 3.8) is 0 Å². The second-order valence-corrected chi connectivity index (χ2v) is 7.71. The Kier molecular flexibility index (Phi) is 5.17. The summed E-state index contributed by atoms with van der Waals surface area (Å²) in [5.74, 6) is -0.215. The highest BCUT2D eigenvalue weighted by atomic mass is 79.9. The smallest absolute Gasteiger partial charge is 0.123 e. The molecule has 1 heterocycles. The molecule has 0 saturated carbocycles. The number of rotatable bonds is 4. The molecule has 1 aromatic heterocycles. The van der Waals surface area contributed by atoms with Crippen LogP contribution in [0.15, 0.2) is 32.5 Å². The second-order valence-electron chi connectivity index (χ2n) is 4.22. The third kappa shape index (κ3) is 3.45. The molecule has 2 rings (SSSR count). The zero-order valence-corrected chi connectivity index (χ0v) is 14.6. The van der Waals surface area contributed by atoms with Crippen LogP contribution in [-0.2, 0) is 0 Å². The summed E-state index contributed by atoms with van der Waals surface area (Å²) in [4.78, 5) is 1.23. The minimum atomic E-state index is -0.215. The van der Waals surface area contributed by atoms with Gasteiger partial charge in [-0.2, -0.15) is 0 Å². The van der Waals surface area contributed by atoms with Gasteiger partial charge in [0.25, 0.3) is 0 Å². The van der Waals surface area contributed by atoms with Gasteiger partial charge in [0.2, 0.25) is 0 Å². The summed E-state index contributed by atoms with van der Waals surface area (Å²) >= 11 is 8.72. The Bertz CT molecular complexity index is 583. The molecular formula is C14H14Br2FNS. The summed E-state index contributed by atoms with van der Waals surface area (Å²) in [6, 6.07) is 6.91. The molecule has 1 aromatic carbocycles. The van der Waals surface area contributed by atoms with E-state index in [2.05, 4.69) is 57.1 Å². The average Bonchev–Trinajstić information content (AvgIpc) is 2.69. The molecule has 5 heteroatoms. The van der Waals surface area contributed by atoms with Gasteiger partial charge in [-0.3, -0.25) is 0 Å². The van der Waals surface area contributed by atoms with Gasteiger partial charge in [-0.25, -0.2) is 4.39 Å². The minimum Gasteiger partial charge on any atom is -0.306 e. The molecule has 0 spiro atoms. The van der Waals surface area contributed by atoms with Gasteiger partial charge in [0.15, 0.2) is 0 Å². The van der Waals surface area contributed by atoms with E-state index in [0.717, 1.165) is 20.4 Å². The zero-order chi connectivity index (χ0) is 14.0. The molecule has 1 nitrogen and oxygen atoms in total. The van der Waals surface area contributed by atoms with E-state index < -0.39 is 0 Å². The Morgan fingerprint density at radius 2 is 2.00 bits per heavy atom. The molecule has 2 aromatic rings. The van der Waals surface area contributed by atoms with Crippen LogP contribution in [0.4, 0.5) is 4.39 Å². The van der Waals surface area contributed by atoms with Gasteiger partial charge in [0, 0.05) is 9.35 Å². The summed E-state index contributed by atoms with van der Waals surface area (Å²) in [5.41, 5.74) is 2.11.